The van der Waals surface area contributed by atoms with Crippen LogP contribution in [0.4, 0.5) is 13.2 Å². The van der Waals surface area contributed by atoms with Gasteiger partial charge in [-0.3, -0.25) is 4.68 Å². The Morgan fingerprint density at radius 1 is 1.33 bits per heavy atom. The molecule has 1 aromatic heterocycles. The molecule has 2 aromatic rings. The summed E-state index contributed by atoms with van der Waals surface area (Å²) in [5.74, 6) is 0. The Morgan fingerprint density at radius 2 is 1.95 bits per heavy atom. The molecule has 1 atom stereocenters. The maximum atomic E-state index is 13.0. The Labute approximate surface area is 125 Å². The summed E-state index contributed by atoms with van der Waals surface area (Å²) in [5.41, 5.74) is 6.57. The largest absolute Gasteiger partial charge is 0.416 e. The van der Waals surface area contributed by atoms with E-state index < -0.39 is 17.8 Å². The van der Waals surface area contributed by atoms with Crippen molar-refractivity contribution in [3.8, 4) is 0 Å². The first-order chi connectivity index (χ1) is 9.71. The van der Waals surface area contributed by atoms with Crippen LogP contribution in [0.5, 0.6) is 0 Å². The van der Waals surface area contributed by atoms with Crippen molar-refractivity contribution < 1.29 is 13.2 Å². The molecule has 0 spiro atoms. The van der Waals surface area contributed by atoms with E-state index in [9.17, 15) is 13.2 Å². The monoisotopic (exact) mass is 317 g/mol. The van der Waals surface area contributed by atoms with Crippen molar-refractivity contribution in [1.82, 2.24) is 9.78 Å². The Balaban J connectivity index is 2.35. The minimum absolute atomic E-state index is 0.0555. The minimum Gasteiger partial charge on any atom is -0.324 e. The van der Waals surface area contributed by atoms with Gasteiger partial charge in [0.25, 0.3) is 0 Å². The van der Waals surface area contributed by atoms with Crippen LogP contribution in [0.25, 0.3) is 0 Å². The van der Waals surface area contributed by atoms with Crippen LogP contribution >= 0.6 is 11.6 Å². The summed E-state index contributed by atoms with van der Waals surface area (Å²) in [7, 11) is 1.69. The molecule has 2 rings (SSSR count). The molecular formula is C14H15ClF3N3. The zero-order valence-electron chi connectivity index (χ0n) is 11.6. The molecule has 7 heteroatoms. The number of aromatic nitrogens is 2. The van der Waals surface area contributed by atoms with Gasteiger partial charge in [0.1, 0.15) is 0 Å². The summed E-state index contributed by atoms with van der Waals surface area (Å²) >= 11 is 6.11. The molecule has 0 aliphatic heterocycles. The summed E-state index contributed by atoms with van der Waals surface area (Å²) in [6.07, 6.45) is -4.25. The smallest absolute Gasteiger partial charge is 0.324 e. The number of hydrogen-bond acceptors (Lipinski definition) is 2. The predicted molar refractivity (Wildman–Crippen MR) is 75.0 cm³/mol. The average molecular weight is 318 g/mol. The van der Waals surface area contributed by atoms with Gasteiger partial charge in [-0.15, -0.1) is 0 Å². The summed E-state index contributed by atoms with van der Waals surface area (Å²) < 4.78 is 40.6. The zero-order chi connectivity index (χ0) is 15.8. The van der Waals surface area contributed by atoms with Gasteiger partial charge in [-0.05, 0) is 18.6 Å². The Hall–Kier alpha value is -1.53. The third kappa shape index (κ3) is 3.22. The highest BCUT2D eigenvalue weighted by atomic mass is 35.5. The molecular weight excluding hydrogens is 303 g/mol. The normalized spacial score (nSPS) is 13.5. The maximum Gasteiger partial charge on any atom is 0.416 e. The molecule has 114 valence electrons. The number of aryl methyl sites for hydroxylation is 2. The van der Waals surface area contributed by atoms with Gasteiger partial charge in [-0.1, -0.05) is 29.8 Å². The van der Waals surface area contributed by atoms with Gasteiger partial charge >= 0.3 is 6.18 Å². The summed E-state index contributed by atoms with van der Waals surface area (Å²) in [5, 5.41) is 4.58. The Morgan fingerprint density at radius 3 is 2.48 bits per heavy atom. The van der Waals surface area contributed by atoms with Crippen LogP contribution in [-0.4, -0.2) is 9.78 Å². The molecule has 0 saturated carbocycles. The van der Waals surface area contributed by atoms with Crippen LogP contribution in [0, 0.1) is 6.92 Å². The van der Waals surface area contributed by atoms with E-state index in [1.165, 1.54) is 12.1 Å². The molecule has 21 heavy (non-hydrogen) atoms. The lowest BCUT2D eigenvalue weighted by Gasteiger charge is -2.18. The highest BCUT2D eigenvalue weighted by molar-refractivity contribution is 6.31. The molecule has 1 heterocycles. The fourth-order valence-corrected chi connectivity index (χ4v) is 2.54. The number of halogens is 4. The number of nitrogens with two attached hydrogens (primary N) is 1. The molecule has 3 nitrogen and oxygen atoms in total. The van der Waals surface area contributed by atoms with Gasteiger partial charge in [0.05, 0.1) is 22.0 Å². The molecule has 2 N–H and O–H groups in total. The predicted octanol–water partition coefficient (Wildman–Crippen LogP) is 3.64. The molecule has 0 aliphatic carbocycles. The van der Waals surface area contributed by atoms with Crippen LogP contribution < -0.4 is 5.73 Å². The van der Waals surface area contributed by atoms with Gasteiger partial charge in [-0.25, -0.2) is 0 Å². The molecule has 1 aromatic carbocycles. The summed E-state index contributed by atoms with van der Waals surface area (Å²) in [6, 6.07) is 4.51. The Kier molecular flexibility index (Phi) is 4.30. The molecule has 0 bridgehead atoms. The average Bonchev–Trinajstić information content (AvgIpc) is 2.64. The van der Waals surface area contributed by atoms with E-state index in [-0.39, 0.29) is 12.0 Å². The second-order valence-electron chi connectivity index (χ2n) is 4.87. The van der Waals surface area contributed by atoms with E-state index in [1.807, 2.05) is 0 Å². The van der Waals surface area contributed by atoms with E-state index in [0.717, 1.165) is 6.07 Å². The molecule has 0 radical (unpaired) electrons. The first kappa shape index (κ1) is 15.9. The lowest BCUT2D eigenvalue weighted by atomic mass is 9.97. The van der Waals surface area contributed by atoms with Crippen LogP contribution in [0.1, 0.15) is 28.6 Å². The number of hydrogen-bond donors (Lipinski definition) is 1. The van der Waals surface area contributed by atoms with Crippen molar-refractivity contribution in [2.75, 3.05) is 0 Å². The van der Waals surface area contributed by atoms with Crippen molar-refractivity contribution in [2.24, 2.45) is 12.8 Å². The fraction of sp³-hybridized carbons (Fsp3) is 0.357. The minimum atomic E-state index is -4.43. The maximum absolute atomic E-state index is 13.0. The van der Waals surface area contributed by atoms with Crippen LogP contribution in [0.2, 0.25) is 5.02 Å². The van der Waals surface area contributed by atoms with Crippen molar-refractivity contribution >= 4 is 11.6 Å². The van der Waals surface area contributed by atoms with Crippen molar-refractivity contribution in [2.45, 2.75) is 25.6 Å². The zero-order valence-corrected chi connectivity index (χ0v) is 12.3. The van der Waals surface area contributed by atoms with E-state index >= 15 is 0 Å². The third-order valence-electron chi connectivity index (χ3n) is 3.34. The SMILES string of the molecule is Cc1nn(C)c(CC(N)c2ccccc2C(F)(F)F)c1Cl. The summed E-state index contributed by atoms with van der Waals surface area (Å²) in [4.78, 5) is 0. The summed E-state index contributed by atoms with van der Waals surface area (Å²) in [6.45, 7) is 1.74. The third-order valence-corrected chi connectivity index (χ3v) is 3.83. The Bertz CT molecular complexity index is 649. The highest BCUT2D eigenvalue weighted by Gasteiger charge is 2.34. The van der Waals surface area contributed by atoms with Gasteiger partial charge in [0.15, 0.2) is 0 Å². The molecule has 0 fully saturated rings. The van der Waals surface area contributed by atoms with Crippen molar-refractivity contribution in [3.05, 3.63) is 51.8 Å². The number of benzene rings is 1. The molecule has 1 unspecified atom stereocenters. The number of nitrogens with zero attached hydrogens (tertiary/aromatic N) is 2. The highest BCUT2D eigenvalue weighted by Crippen LogP contribution is 2.35. The topological polar surface area (TPSA) is 43.8 Å². The van der Waals surface area contributed by atoms with E-state index in [4.69, 9.17) is 17.3 Å². The van der Waals surface area contributed by atoms with E-state index in [0.29, 0.717) is 16.4 Å². The first-order valence-electron chi connectivity index (χ1n) is 6.31. The van der Waals surface area contributed by atoms with Gasteiger partial charge in [-0.2, -0.15) is 18.3 Å². The standard InChI is InChI=1S/C14H15ClF3N3/c1-8-13(15)12(21(2)20-8)7-11(19)9-5-3-4-6-10(9)14(16,17)18/h3-6,11H,7,19H2,1-2H3. The number of alkyl halides is 3. The van der Waals surface area contributed by atoms with Crippen molar-refractivity contribution in [3.63, 3.8) is 0 Å². The van der Waals surface area contributed by atoms with Gasteiger partial charge < -0.3 is 5.73 Å². The lowest BCUT2D eigenvalue weighted by Crippen LogP contribution is -2.20. The fourth-order valence-electron chi connectivity index (χ4n) is 2.30. The second-order valence-corrected chi connectivity index (χ2v) is 5.24. The number of rotatable bonds is 3. The van der Waals surface area contributed by atoms with Crippen LogP contribution in [0.3, 0.4) is 0 Å². The van der Waals surface area contributed by atoms with E-state index in [2.05, 4.69) is 5.10 Å². The first-order valence-corrected chi connectivity index (χ1v) is 6.69. The quantitative estimate of drug-likeness (QED) is 0.939. The van der Waals surface area contributed by atoms with E-state index in [1.54, 1.807) is 24.7 Å². The second kappa shape index (κ2) is 5.69. The van der Waals surface area contributed by atoms with Crippen LogP contribution in [0.15, 0.2) is 24.3 Å². The lowest BCUT2D eigenvalue weighted by molar-refractivity contribution is -0.138. The van der Waals surface area contributed by atoms with Crippen molar-refractivity contribution in [1.29, 1.82) is 0 Å². The molecule has 0 aliphatic rings. The van der Waals surface area contributed by atoms with Crippen LogP contribution in [-0.2, 0) is 19.6 Å². The molecule has 0 amide bonds. The van der Waals surface area contributed by atoms with Gasteiger partial charge in [0, 0.05) is 19.5 Å². The molecule has 0 saturated heterocycles. The van der Waals surface area contributed by atoms with Gasteiger partial charge in [0.2, 0.25) is 0 Å².